The molecule has 0 aliphatic carbocycles. The molecule has 0 saturated carbocycles. The van der Waals surface area contributed by atoms with Gasteiger partial charge in [-0.3, -0.25) is 0 Å². The highest BCUT2D eigenvalue weighted by atomic mass is 19.1. The van der Waals surface area contributed by atoms with Gasteiger partial charge in [0.2, 0.25) is 0 Å². The highest BCUT2D eigenvalue weighted by Gasteiger charge is 2.12. The lowest BCUT2D eigenvalue weighted by atomic mass is 9.96. The lowest BCUT2D eigenvalue weighted by molar-refractivity contribution is 0.0653. The van der Waals surface area contributed by atoms with Gasteiger partial charge in [-0.1, -0.05) is 56.9 Å². The smallest absolute Gasteiger partial charge is 0.123 e. The minimum absolute atomic E-state index is 0.225. The van der Waals surface area contributed by atoms with Crippen LogP contribution in [0.2, 0.25) is 0 Å². The normalized spacial score (nSPS) is 19.2. The van der Waals surface area contributed by atoms with Crippen LogP contribution in [0.25, 0.3) is 0 Å². The number of aryl methyl sites for hydroxylation is 1. The highest BCUT2D eigenvalue weighted by Crippen LogP contribution is 2.19. The Kier molecular flexibility index (Phi) is 10.9. The van der Waals surface area contributed by atoms with Crippen molar-refractivity contribution in [3.63, 3.8) is 0 Å². The molecule has 0 bridgehead atoms. The number of hydrogen-bond acceptors (Lipinski definition) is 2. The molecule has 0 amide bonds. The molecule has 1 aliphatic rings. The average Bonchev–Trinajstić information content (AvgIpc) is 2.93. The first kappa shape index (κ1) is 21.4. The van der Waals surface area contributed by atoms with Crippen LogP contribution in [0.15, 0.2) is 24.3 Å². The van der Waals surface area contributed by atoms with E-state index in [4.69, 9.17) is 4.74 Å². The van der Waals surface area contributed by atoms with Crippen molar-refractivity contribution in [3.05, 3.63) is 35.4 Å². The van der Waals surface area contributed by atoms with Crippen molar-refractivity contribution in [2.75, 3.05) is 19.7 Å². The summed E-state index contributed by atoms with van der Waals surface area (Å²) in [6.45, 7) is 5.27. The van der Waals surface area contributed by atoms with Gasteiger partial charge in [0.15, 0.2) is 0 Å². The lowest BCUT2D eigenvalue weighted by Gasteiger charge is -2.14. The Morgan fingerprint density at radius 2 is 1.92 bits per heavy atom. The predicted molar refractivity (Wildman–Crippen MR) is 108 cm³/mol. The third kappa shape index (κ3) is 9.14. The first-order valence-electron chi connectivity index (χ1n) is 10.8. The molecular weight excluding hydrogens is 325 g/mol. The van der Waals surface area contributed by atoms with Gasteiger partial charge in [-0.05, 0) is 68.7 Å². The molecule has 26 heavy (non-hydrogen) atoms. The van der Waals surface area contributed by atoms with Gasteiger partial charge in [-0.25, -0.2) is 4.39 Å². The van der Waals surface area contributed by atoms with Gasteiger partial charge in [0.25, 0.3) is 0 Å². The van der Waals surface area contributed by atoms with E-state index in [-0.39, 0.29) is 6.61 Å². The molecule has 1 aromatic rings. The second kappa shape index (κ2) is 13.3. The molecule has 1 aliphatic heterocycles. The number of ether oxygens (including phenoxy) is 1. The van der Waals surface area contributed by atoms with Gasteiger partial charge < -0.3 is 10.1 Å². The first-order chi connectivity index (χ1) is 12.8. The topological polar surface area (TPSA) is 21.3 Å². The highest BCUT2D eigenvalue weighted by molar-refractivity contribution is 5.22. The van der Waals surface area contributed by atoms with E-state index in [1.807, 2.05) is 0 Å². The summed E-state index contributed by atoms with van der Waals surface area (Å²) >= 11 is 0. The minimum Gasteiger partial charge on any atom is -0.374 e. The van der Waals surface area contributed by atoms with Crippen LogP contribution < -0.4 is 5.32 Å². The third-order valence-electron chi connectivity index (χ3n) is 5.44. The number of rotatable bonds is 12. The molecule has 148 valence electrons. The number of benzene rings is 1. The van der Waals surface area contributed by atoms with E-state index in [1.54, 1.807) is 0 Å². The van der Waals surface area contributed by atoms with E-state index in [9.17, 15) is 4.39 Å². The SMILES string of the molecule is CCCCc1ccc(COCC(F)CCCCC2CCCCNC2)cc1. The van der Waals surface area contributed by atoms with Crippen LogP contribution in [0.5, 0.6) is 0 Å². The van der Waals surface area contributed by atoms with E-state index in [0.717, 1.165) is 37.3 Å². The second-order valence-electron chi connectivity index (χ2n) is 7.88. The van der Waals surface area contributed by atoms with Gasteiger partial charge in [-0.15, -0.1) is 0 Å². The molecule has 3 heteroatoms. The predicted octanol–water partition coefficient (Wildman–Crippen LogP) is 5.83. The summed E-state index contributed by atoms with van der Waals surface area (Å²) in [6, 6.07) is 8.56. The summed E-state index contributed by atoms with van der Waals surface area (Å²) in [6.07, 6.45) is 10.8. The number of alkyl halides is 1. The van der Waals surface area contributed by atoms with Crippen LogP contribution in [0.4, 0.5) is 4.39 Å². The summed E-state index contributed by atoms with van der Waals surface area (Å²) in [5.41, 5.74) is 2.51. The molecule has 1 N–H and O–H groups in total. The molecule has 0 radical (unpaired) electrons. The zero-order valence-corrected chi connectivity index (χ0v) is 16.6. The van der Waals surface area contributed by atoms with Crippen molar-refractivity contribution in [1.29, 1.82) is 0 Å². The van der Waals surface area contributed by atoms with E-state index >= 15 is 0 Å². The Bertz CT molecular complexity index is 454. The number of nitrogens with one attached hydrogen (secondary N) is 1. The molecule has 0 aromatic heterocycles. The number of unbranched alkanes of at least 4 members (excludes halogenated alkanes) is 2. The van der Waals surface area contributed by atoms with E-state index in [1.165, 1.54) is 50.6 Å². The Balaban J connectivity index is 1.51. The molecule has 2 rings (SSSR count). The van der Waals surface area contributed by atoms with Crippen molar-refractivity contribution >= 4 is 0 Å². The fourth-order valence-corrected chi connectivity index (χ4v) is 3.71. The molecule has 2 atom stereocenters. The van der Waals surface area contributed by atoms with Gasteiger partial charge >= 0.3 is 0 Å². The molecule has 0 spiro atoms. The number of halogens is 1. The quantitative estimate of drug-likeness (QED) is 0.471. The van der Waals surface area contributed by atoms with Gasteiger partial charge in [-0.2, -0.15) is 0 Å². The standard InChI is InChI=1S/C23H38FNO/c1-2-3-8-20-12-14-22(15-13-20)18-26-19-23(24)11-5-4-9-21-10-6-7-16-25-17-21/h12-15,21,23,25H,2-11,16-19H2,1H3. The van der Waals surface area contributed by atoms with Crippen molar-refractivity contribution < 1.29 is 9.13 Å². The molecule has 1 aromatic carbocycles. The largest absolute Gasteiger partial charge is 0.374 e. The first-order valence-corrected chi connectivity index (χ1v) is 10.8. The van der Waals surface area contributed by atoms with E-state index in [0.29, 0.717) is 13.0 Å². The zero-order chi connectivity index (χ0) is 18.5. The van der Waals surface area contributed by atoms with Crippen LogP contribution in [0, 0.1) is 5.92 Å². The summed E-state index contributed by atoms with van der Waals surface area (Å²) in [5, 5.41) is 3.51. The monoisotopic (exact) mass is 363 g/mol. The van der Waals surface area contributed by atoms with Crippen molar-refractivity contribution in [2.45, 2.75) is 83.9 Å². The molecule has 1 fully saturated rings. The summed E-state index contributed by atoms with van der Waals surface area (Å²) in [7, 11) is 0. The maximum Gasteiger partial charge on any atom is 0.123 e. The summed E-state index contributed by atoms with van der Waals surface area (Å²) < 4.78 is 19.6. The van der Waals surface area contributed by atoms with Crippen molar-refractivity contribution in [3.8, 4) is 0 Å². The van der Waals surface area contributed by atoms with E-state index < -0.39 is 6.17 Å². The van der Waals surface area contributed by atoms with Gasteiger partial charge in [0.05, 0.1) is 13.2 Å². The fraction of sp³-hybridized carbons (Fsp3) is 0.739. The average molecular weight is 364 g/mol. The van der Waals surface area contributed by atoms with Gasteiger partial charge in [0, 0.05) is 0 Å². The Morgan fingerprint density at radius 1 is 1.12 bits per heavy atom. The minimum atomic E-state index is -0.828. The molecule has 2 unspecified atom stereocenters. The van der Waals surface area contributed by atoms with Crippen LogP contribution in [0.3, 0.4) is 0 Å². The summed E-state index contributed by atoms with van der Waals surface area (Å²) in [5.74, 6) is 0.798. The van der Waals surface area contributed by atoms with Crippen LogP contribution in [-0.2, 0) is 17.8 Å². The van der Waals surface area contributed by atoms with Crippen molar-refractivity contribution in [1.82, 2.24) is 5.32 Å². The van der Waals surface area contributed by atoms with Crippen molar-refractivity contribution in [2.24, 2.45) is 5.92 Å². The van der Waals surface area contributed by atoms with Crippen LogP contribution >= 0.6 is 0 Å². The van der Waals surface area contributed by atoms with E-state index in [2.05, 4.69) is 36.5 Å². The molecular formula is C23H38FNO. The Hall–Kier alpha value is -0.930. The third-order valence-corrected chi connectivity index (χ3v) is 5.44. The Morgan fingerprint density at radius 3 is 2.73 bits per heavy atom. The maximum atomic E-state index is 14.0. The molecule has 1 saturated heterocycles. The summed E-state index contributed by atoms with van der Waals surface area (Å²) in [4.78, 5) is 0. The van der Waals surface area contributed by atoms with Crippen LogP contribution in [0.1, 0.15) is 75.8 Å². The fourth-order valence-electron chi connectivity index (χ4n) is 3.71. The lowest BCUT2D eigenvalue weighted by Crippen LogP contribution is -2.20. The van der Waals surface area contributed by atoms with Crippen LogP contribution in [-0.4, -0.2) is 25.9 Å². The number of hydrogen-bond donors (Lipinski definition) is 1. The second-order valence-corrected chi connectivity index (χ2v) is 7.88. The van der Waals surface area contributed by atoms with Gasteiger partial charge in [0.1, 0.15) is 6.17 Å². The zero-order valence-electron chi connectivity index (χ0n) is 16.6. The molecule has 1 heterocycles. The maximum absolute atomic E-state index is 14.0. The Labute approximate surface area is 159 Å². The molecule has 2 nitrogen and oxygen atoms in total.